The van der Waals surface area contributed by atoms with Gasteiger partial charge >= 0.3 is 0 Å². The van der Waals surface area contributed by atoms with E-state index in [9.17, 15) is 4.39 Å². The average molecular weight is 148 g/mol. The Morgan fingerprint density at radius 1 is 1.30 bits per heavy atom. The molecule has 1 aliphatic carbocycles. The second kappa shape index (κ2) is 1.92. The van der Waals surface area contributed by atoms with Crippen LogP contribution in [0.15, 0.2) is 0 Å². The van der Waals surface area contributed by atoms with Gasteiger partial charge in [0.1, 0.15) is 5.67 Å². The van der Waals surface area contributed by atoms with Crippen LogP contribution in [-0.2, 0) is 0 Å². The van der Waals surface area contributed by atoms with E-state index in [-0.39, 0.29) is 12.8 Å². The van der Waals surface area contributed by atoms with E-state index in [0.717, 1.165) is 0 Å². The third-order valence-electron chi connectivity index (χ3n) is 2.17. The molecule has 0 bridgehead atoms. The van der Waals surface area contributed by atoms with Gasteiger partial charge in [-0.15, -0.1) is 0 Å². The van der Waals surface area contributed by atoms with Gasteiger partial charge in [0, 0.05) is 5.41 Å². The molecule has 0 amide bonds. The lowest BCUT2D eigenvalue weighted by atomic mass is 9.61. The van der Waals surface area contributed by atoms with Crippen LogP contribution < -0.4 is 0 Å². The second-order valence-electron chi connectivity index (χ2n) is 3.79. The Hall–Kier alpha value is -0.150. The number of aliphatic hydroxyl groups excluding tert-OH is 1. The minimum atomic E-state index is -1.38. The highest BCUT2D eigenvalue weighted by Gasteiger charge is 2.53. The standard InChI is InChI=1S/C7H13FO2/c1-6(5(9)10)3-7(2,8)4-6/h5,9-10H,3-4H2,1-2H3. The van der Waals surface area contributed by atoms with Gasteiger partial charge in [-0.2, -0.15) is 0 Å². The molecule has 10 heavy (non-hydrogen) atoms. The normalized spacial score (nSPS) is 47.4. The lowest BCUT2D eigenvalue weighted by Crippen LogP contribution is -2.51. The van der Waals surface area contributed by atoms with E-state index in [2.05, 4.69) is 0 Å². The summed E-state index contributed by atoms with van der Waals surface area (Å²) in [5.41, 5.74) is -1.79. The minimum Gasteiger partial charge on any atom is -0.368 e. The van der Waals surface area contributed by atoms with Crippen molar-refractivity contribution in [1.29, 1.82) is 0 Å². The minimum absolute atomic E-state index is 0.248. The summed E-state index contributed by atoms with van der Waals surface area (Å²) in [7, 11) is 0. The maximum atomic E-state index is 12.8. The molecule has 0 aliphatic heterocycles. The van der Waals surface area contributed by atoms with E-state index in [1.165, 1.54) is 6.92 Å². The van der Waals surface area contributed by atoms with Crippen molar-refractivity contribution < 1.29 is 14.6 Å². The van der Waals surface area contributed by atoms with E-state index in [4.69, 9.17) is 10.2 Å². The van der Waals surface area contributed by atoms with E-state index in [1.54, 1.807) is 6.92 Å². The monoisotopic (exact) mass is 148 g/mol. The van der Waals surface area contributed by atoms with Crippen LogP contribution in [0.2, 0.25) is 0 Å². The number of aliphatic hydroxyl groups is 2. The summed E-state index contributed by atoms with van der Waals surface area (Å²) in [5.74, 6) is 0. The molecule has 0 aromatic heterocycles. The first-order valence-electron chi connectivity index (χ1n) is 3.41. The number of hydrogen-bond donors (Lipinski definition) is 2. The number of halogens is 1. The molecule has 1 fully saturated rings. The van der Waals surface area contributed by atoms with Crippen LogP contribution in [0.1, 0.15) is 26.7 Å². The Morgan fingerprint density at radius 2 is 1.70 bits per heavy atom. The van der Waals surface area contributed by atoms with Crippen LogP contribution in [0.3, 0.4) is 0 Å². The lowest BCUT2D eigenvalue weighted by Gasteiger charge is -2.48. The van der Waals surface area contributed by atoms with Crippen molar-refractivity contribution in [2.75, 3.05) is 0 Å². The van der Waals surface area contributed by atoms with E-state index in [1.807, 2.05) is 0 Å². The predicted octanol–water partition coefficient (Wildman–Crippen LogP) is 0.825. The smallest absolute Gasteiger partial charge is 0.157 e. The molecule has 2 nitrogen and oxygen atoms in total. The van der Waals surface area contributed by atoms with Crippen LogP contribution in [0.4, 0.5) is 4.39 Å². The van der Waals surface area contributed by atoms with Crippen molar-refractivity contribution in [1.82, 2.24) is 0 Å². The summed E-state index contributed by atoms with van der Waals surface area (Å²) in [4.78, 5) is 0. The fourth-order valence-electron chi connectivity index (χ4n) is 1.81. The van der Waals surface area contributed by atoms with Crippen LogP contribution in [-0.4, -0.2) is 22.2 Å². The highest BCUT2D eigenvalue weighted by molar-refractivity contribution is 5.00. The molecule has 0 radical (unpaired) electrons. The first kappa shape index (κ1) is 7.95. The van der Waals surface area contributed by atoms with E-state index >= 15 is 0 Å². The molecule has 2 N–H and O–H groups in total. The Labute approximate surface area is 59.7 Å². The van der Waals surface area contributed by atoms with Crippen molar-refractivity contribution in [3.63, 3.8) is 0 Å². The molecule has 1 aliphatic rings. The Bertz CT molecular complexity index is 135. The topological polar surface area (TPSA) is 40.5 Å². The molecule has 0 aromatic rings. The molecular formula is C7H13FO2. The molecule has 0 spiro atoms. The molecule has 1 rings (SSSR count). The zero-order chi connectivity index (χ0) is 7.99. The van der Waals surface area contributed by atoms with Gasteiger partial charge in [-0.3, -0.25) is 0 Å². The van der Waals surface area contributed by atoms with Crippen molar-refractivity contribution >= 4 is 0 Å². The third kappa shape index (κ3) is 1.16. The SMILES string of the molecule is CC1(F)CC(C)(C(O)O)C1. The van der Waals surface area contributed by atoms with Gasteiger partial charge in [0.25, 0.3) is 0 Å². The Morgan fingerprint density at radius 3 is 1.80 bits per heavy atom. The van der Waals surface area contributed by atoms with Crippen molar-refractivity contribution in [2.24, 2.45) is 5.41 Å². The van der Waals surface area contributed by atoms with Crippen molar-refractivity contribution in [2.45, 2.75) is 38.6 Å². The number of alkyl halides is 1. The maximum Gasteiger partial charge on any atom is 0.157 e. The second-order valence-corrected chi connectivity index (χ2v) is 3.79. The molecule has 0 unspecified atom stereocenters. The summed E-state index contributed by atoms with van der Waals surface area (Å²) >= 11 is 0. The summed E-state index contributed by atoms with van der Waals surface area (Å²) in [6, 6.07) is 0. The third-order valence-corrected chi connectivity index (χ3v) is 2.17. The molecule has 60 valence electrons. The van der Waals surface area contributed by atoms with E-state index < -0.39 is 17.4 Å². The first-order valence-corrected chi connectivity index (χ1v) is 3.41. The summed E-state index contributed by atoms with van der Waals surface area (Å²) in [6.07, 6.45) is -0.883. The lowest BCUT2D eigenvalue weighted by molar-refractivity contribution is -0.202. The van der Waals surface area contributed by atoms with Gasteiger partial charge in [-0.1, -0.05) is 6.92 Å². The highest BCUT2D eigenvalue weighted by atomic mass is 19.1. The van der Waals surface area contributed by atoms with Gasteiger partial charge in [-0.25, -0.2) is 4.39 Å². The van der Waals surface area contributed by atoms with Gasteiger partial charge < -0.3 is 10.2 Å². The fourth-order valence-corrected chi connectivity index (χ4v) is 1.81. The van der Waals surface area contributed by atoms with Gasteiger partial charge in [0.2, 0.25) is 0 Å². The molecule has 0 heterocycles. The van der Waals surface area contributed by atoms with Crippen molar-refractivity contribution in [3.8, 4) is 0 Å². The Kier molecular flexibility index (Phi) is 1.53. The zero-order valence-corrected chi connectivity index (χ0v) is 6.26. The molecule has 0 saturated heterocycles. The largest absolute Gasteiger partial charge is 0.368 e. The summed E-state index contributed by atoms with van der Waals surface area (Å²) in [5, 5.41) is 17.5. The first-order chi connectivity index (χ1) is 4.36. The maximum absolute atomic E-state index is 12.8. The quantitative estimate of drug-likeness (QED) is 0.540. The van der Waals surface area contributed by atoms with Gasteiger partial charge in [0.05, 0.1) is 0 Å². The molecule has 3 heteroatoms. The summed E-state index contributed by atoms with van der Waals surface area (Å²) in [6.45, 7) is 3.16. The number of hydrogen-bond acceptors (Lipinski definition) is 2. The van der Waals surface area contributed by atoms with E-state index in [0.29, 0.717) is 0 Å². The molecule has 1 saturated carbocycles. The van der Waals surface area contributed by atoms with Crippen molar-refractivity contribution in [3.05, 3.63) is 0 Å². The van der Waals surface area contributed by atoms with Crippen LogP contribution in [0, 0.1) is 5.41 Å². The highest BCUT2D eigenvalue weighted by Crippen LogP contribution is 2.51. The fraction of sp³-hybridized carbons (Fsp3) is 1.00. The van der Waals surface area contributed by atoms with Gasteiger partial charge in [0.15, 0.2) is 6.29 Å². The Balaban J connectivity index is 2.50. The van der Waals surface area contributed by atoms with Crippen LogP contribution >= 0.6 is 0 Å². The molecular weight excluding hydrogens is 135 g/mol. The molecule has 0 aromatic carbocycles. The summed E-state index contributed by atoms with van der Waals surface area (Å²) < 4.78 is 12.8. The average Bonchev–Trinajstić information content (AvgIpc) is 1.59. The van der Waals surface area contributed by atoms with Crippen LogP contribution in [0.25, 0.3) is 0 Å². The predicted molar refractivity (Wildman–Crippen MR) is 35.1 cm³/mol. The molecule has 0 atom stereocenters. The zero-order valence-electron chi connectivity index (χ0n) is 6.26. The van der Waals surface area contributed by atoms with Gasteiger partial charge in [-0.05, 0) is 19.8 Å². The number of rotatable bonds is 1. The van der Waals surface area contributed by atoms with Crippen LogP contribution in [0.5, 0.6) is 0 Å².